The zero-order valence-electron chi connectivity index (χ0n) is 14.0. The normalized spacial score (nSPS) is 26.9. The van der Waals surface area contributed by atoms with Crippen molar-refractivity contribution >= 4 is 0 Å². The van der Waals surface area contributed by atoms with E-state index in [4.69, 9.17) is 9.47 Å². The Morgan fingerprint density at radius 2 is 1.96 bits per heavy atom. The minimum absolute atomic E-state index is 0.0989. The molecule has 2 aliphatic rings. The van der Waals surface area contributed by atoms with Gasteiger partial charge in [-0.3, -0.25) is 0 Å². The molecular weight excluding hydrogens is 304 g/mol. The third-order valence-corrected chi connectivity index (χ3v) is 5.13. The van der Waals surface area contributed by atoms with Gasteiger partial charge in [0.15, 0.2) is 5.60 Å². The molecule has 4 rings (SSSR count). The molecule has 0 amide bonds. The number of hydrogen-bond acceptors (Lipinski definition) is 4. The fraction of sp³-hybridized carbons (Fsp3) is 0.400. The predicted octanol–water partition coefficient (Wildman–Crippen LogP) is 2.81. The van der Waals surface area contributed by atoms with Crippen LogP contribution >= 0.6 is 0 Å². The van der Waals surface area contributed by atoms with E-state index < -0.39 is 11.4 Å². The Bertz CT molecular complexity index is 785. The fourth-order valence-corrected chi connectivity index (χ4v) is 3.92. The standard InChI is InChI=1S/C20H22O4/c1-13(2)14-7-8-17-18(11-14)24-20(23-10-9-21)16-6-4-3-5-15(16)12-19(17,20)22/h3-8,11,13,21-22H,9-10,12H2,1-2H3. The van der Waals surface area contributed by atoms with Crippen molar-refractivity contribution in [2.45, 2.75) is 37.6 Å². The zero-order chi connectivity index (χ0) is 16.9. The van der Waals surface area contributed by atoms with Gasteiger partial charge in [0.05, 0.1) is 13.2 Å². The summed E-state index contributed by atoms with van der Waals surface area (Å²) in [5.41, 5.74) is 2.47. The van der Waals surface area contributed by atoms with Crippen molar-refractivity contribution in [3.8, 4) is 5.75 Å². The van der Waals surface area contributed by atoms with Crippen LogP contribution in [0, 0.1) is 0 Å². The van der Waals surface area contributed by atoms with Crippen molar-refractivity contribution in [2.75, 3.05) is 13.2 Å². The average molecular weight is 326 g/mol. The first-order valence-electron chi connectivity index (χ1n) is 8.41. The van der Waals surface area contributed by atoms with E-state index in [-0.39, 0.29) is 13.2 Å². The van der Waals surface area contributed by atoms with Crippen LogP contribution in [0.2, 0.25) is 0 Å². The molecule has 2 unspecified atom stereocenters. The van der Waals surface area contributed by atoms with Crippen molar-refractivity contribution in [1.29, 1.82) is 0 Å². The lowest BCUT2D eigenvalue weighted by Gasteiger charge is -2.35. The van der Waals surface area contributed by atoms with Gasteiger partial charge in [-0.1, -0.05) is 50.2 Å². The van der Waals surface area contributed by atoms with Gasteiger partial charge in [-0.2, -0.15) is 0 Å². The highest BCUT2D eigenvalue weighted by atomic mass is 16.7. The maximum absolute atomic E-state index is 11.6. The smallest absolute Gasteiger partial charge is 0.271 e. The van der Waals surface area contributed by atoms with E-state index in [1.54, 1.807) is 0 Å². The summed E-state index contributed by atoms with van der Waals surface area (Å²) in [6.07, 6.45) is 0.433. The van der Waals surface area contributed by atoms with Gasteiger partial charge in [-0.05, 0) is 23.1 Å². The van der Waals surface area contributed by atoms with Gasteiger partial charge in [0.25, 0.3) is 5.79 Å². The van der Waals surface area contributed by atoms with E-state index in [0.29, 0.717) is 18.1 Å². The number of hydrogen-bond donors (Lipinski definition) is 2. The van der Waals surface area contributed by atoms with Crippen molar-refractivity contribution in [1.82, 2.24) is 0 Å². The molecule has 4 nitrogen and oxygen atoms in total. The summed E-state index contributed by atoms with van der Waals surface area (Å²) < 4.78 is 12.2. The Hall–Kier alpha value is -1.88. The number of aliphatic hydroxyl groups is 2. The first kappa shape index (κ1) is 15.6. The number of benzene rings is 2. The SMILES string of the molecule is CC(C)c1ccc2c(c1)OC1(OCCO)c3ccccc3CC21O. The molecule has 1 aliphatic heterocycles. The molecule has 0 aromatic heterocycles. The second kappa shape index (κ2) is 5.31. The van der Waals surface area contributed by atoms with Crippen molar-refractivity contribution < 1.29 is 19.7 Å². The maximum atomic E-state index is 11.6. The van der Waals surface area contributed by atoms with Gasteiger partial charge in [0.1, 0.15) is 5.75 Å². The number of rotatable bonds is 4. The molecule has 0 spiro atoms. The predicted molar refractivity (Wildman–Crippen MR) is 89.9 cm³/mol. The van der Waals surface area contributed by atoms with E-state index in [1.165, 1.54) is 0 Å². The molecule has 2 N–H and O–H groups in total. The number of aliphatic hydroxyl groups excluding tert-OH is 1. The van der Waals surface area contributed by atoms with E-state index in [0.717, 1.165) is 22.3 Å². The lowest BCUT2D eigenvalue weighted by molar-refractivity contribution is -0.274. The van der Waals surface area contributed by atoms with Crippen LogP contribution < -0.4 is 4.74 Å². The van der Waals surface area contributed by atoms with Crippen LogP contribution in [0.5, 0.6) is 5.75 Å². The average Bonchev–Trinajstić information content (AvgIpc) is 2.96. The Morgan fingerprint density at radius 3 is 2.71 bits per heavy atom. The summed E-state index contributed by atoms with van der Waals surface area (Å²) in [5.74, 6) is -0.253. The van der Waals surface area contributed by atoms with Gasteiger partial charge < -0.3 is 19.7 Å². The zero-order valence-corrected chi connectivity index (χ0v) is 14.0. The van der Waals surface area contributed by atoms with Crippen molar-refractivity contribution in [3.05, 3.63) is 64.7 Å². The van der Waals surface area contributed by atoms with Crippen LogP contribution in [0.3, 0.4) is 0 Å². The van der Waals surface area contributed by atoms with Gasteiger partial charge in [-0.25, -0.2) is 0 Å². The van der Waals surface area contributed by atoms with Crippen LogP contribution in [-0.4, -0.2) is 23.4 Å². The minimum atomic E-state index is -1.29. The van der Waals surface area contributed by atoms with E-state index in [2.05, 4.69) is 13.8 Å². The highest BCUT2D eigenvalue weighted by molar-refractivity contribution is 5.55. The second-order valence-electron chi connectivity index (χ2n) is 6.90. The topological polar surface area (TPSA) is 58.9 Å². The molecule has 2 atom stereocenters. The maximum Gasteiger partial charge on any atom is 0.271 e. The summed E-state index contributed by atoms with van der Waals surface area (Å²) in [7, 11) is 0. The number of fused-ring (bicyclic) bond motifs is 5. The third kappa shape index (κ3) is 1.91. The first-order valence-corrected chi connectivity index (χ1v) is 8.41. The first-order chi connectivity index (χ1) is 11.5. The molecule has 4 heteroatoms. The molecule has 126 valence electrons. The van der Waals surface area contributed by atoms with Gasteiger partial charge >= 0.3 is 0 Å². The highest BCUT2D eigenvalue weighted by Crippen LogP contribution is 2.60. The lowest BCUT2D eigenvalue weighted by atomic mass is 9.86. The largest absolute Gasteiger partial charge is 0.454 e. The summed E-state index contributed by atoms with van der Waals surface area (Å²) >= 11 is 0. The van der Waals surface area contributed by atoms with E-state index in [9.17, 15) is 10.2 Å². The monoisotopic (exact) mass is 326 g/mol. The third-order valence-electron chi connectivity index (χ3n) is 5.13. The summed E-state index contributed by atoms with van der Waals surface area (Å²) in [6.45, 7) is 4.22. The van der Waals surface area contributed by atoms with Crippen molar-refractivity contribution in [2.24, 2.45) is 0 Å². The number of ether oxygens (including phenoxy) is 2. The van der Waals surface area contributed by atoms with Gasteiger partial charge in [0, 0.05) is 17.5 Å². The molecule has 1 heterocycles. The van der Waals surface area contributed by atoms with Crippen LogP contribution in [0.15, 0.2) is 42.5 Å². The Morgan fingerprint density at radius 1 is 1.17 bits per heavy atom. The minimum Gasteiger partial charge on any atom is -0.454 e. The summed E-state index contributed by atoms with van der Waals surface area (Å²) in [5, 5.41) is 20.8. The summed E-state index contributed by atoms with van der Waals surface area (Å²) in [6, 6.07) is 13.8. The lowest BCUT2D eigenvalue weighted by Crippen LogP contribution is -2.48. The Balaban J connectivity index is 1.88. The molecule has 2 aromatic carbocycles. The van der Waals surface area contributed by atoms with Crippen LogP contribution in [0.1, 0.15) is 42.0 Å². The van der Waals surface area contributed by atoms with E-state index in [1.807, 2.05) is 42.5 Å². The van der Waals surface area contributed by atoms with Crippen LogP contribution in [0.25, 0.3) is 0 Å². The molecule has 1 aliphatic carbocycles. The highest BCUT2D eigenvalue weighted by Gasteiger charge is 2.66. The molecule has 0 saturated heterocycles. The molecule has 24 heavy (non-hydrogen) atoms. The van der Waals surface area contributed by atoms with Gasteiger partial charge in [-0.15, -0.1) is 0 Å². The van der Waals surface area contributed by atoms with Gasteiger partial charge in [0.2, 0.25) is 0 Å². The molecular formula is C20H22O4. The van der Waals surface area contributed by atoms with Crippen molar-refractivity contribution in [3.63, 3.8) is 0 Å². The van der Waals surface area contributed by atoms with E-state index >= 15 is 0 Å². The second-order valence-corrected chi connectivity index (χ2v) is 6.90. The molecule has 0 radical (unpaired) electrons. The summed E-state index contributed by atoms with van der Waals surface area (Å²) in [4.78, 5) is 0. The Labute approximate surface area is 141 Å². The molecule has 2 aromatic rings. The Kier molecular flexibility index (Phi) is 3.46. The molecule has 0 fully saturated rings. The quantitative estimate of drug-likeness (QED) is 0.907. The van der Waals surface area contributed by atoms with Crippen LogP contribution in [-0.2, 0) is 22.5 Å². The van der Waals surface area contributed by atoms with Crippen LogP contribution in [0.4, 0.5) is 0 Å². The molecule has 0 bridgehead atoms. The fourth-order valence-electron chi connectivity index (χ4n) is 3.92. The molecule has 0 saturated carbocycles.